The van der Waals surface area contributed by atoms with Gasteiger partial charge in [-0.2, -0.15) is 0 Å². The van der Waals surface area contributed by atoms with Crippen LogP contribution in [0.2, 0.25) is 0 Å². The molecule has 220 valence electrons. The molecule has 1 saturated heterocycles. The minimum atomic E-state index is -1.37. The summed E-state index contributed by atoms with van der Waals surface area (Å²) in [6.45, 7) is 0.788. The van der Waals surface area contributed by atoms with Gasteiger partial charge in [-0.1, -0.05) is 0 Å². The van der Waals surface area contributed by atoms with Crippen molar-refractivity contribution in [1.82, 2.24) is 10.6 Å². The number of hydrogen-bond acceptors (Lipinski definition) is 13. The highest BCUT2D eigenvalue weighted by Gasteiger charge is 2.53. The molecule has 0 amide bonds. The second-order valence-corrected chi connectivity index (χ2v) is 10.5. The second kappa shape index (κ2) is 13.1. The van der Waals surface area contributed by atoms with Crippen LogP contribution >= 0.6 is 0 Å². The minimum Gasteiger partial charge on any atom is -0.491 e. The maximum absolute atomic E-state index is 11.7. The van der Waals surface area contributed by atoms with E-state index in [1.54, 1.807) is 13.1 Å². The van der Waals surface area contributed by atoms with Gasteiger partial charge in [0.25, 0.3) is 0 Å². The Labute approximate surface area is 222 Å². The number of aliphatic hydroxyl groups is 5. The van der Waals surface area contributed by atoms with E-state index in [0.717, 1.165) is 0 Å². The fourth-order valence-electron chi connectivity index (χ4n) is 5.73. The minimum absolute atomic E-state index is 0.134. The molecule has 0 aromatic heterocycles. The van der Waals surface area contributed by atoms with Gasteiger partial charge in [0.1, 0.15) is 29.7 Å². The Morgan fingerprint density at radius 3 is 2.53 bits per heavy atom. The average molecular weight is 548 g/mol. The number of nitrogens with two attached hydrogens (primary N) is 4. The molecule has 15 N–H and O–H groups in total. The standard InChI is InChI=1S/C23H45N7O8/c1-23(35)9-36-21(17(34)20(23)28-2)38-19-14(29-10(7-31)8-32)5-12(25)15(16(19)33)18-13(30-22(26)27)4-3-11(6-24)37-18/h3,10,12-21,28-29,31-35H,4-9,24-25H2,1-2H3,(H4,26,27,30)/t12-,13+,14+,15?,16-,17+,18-,19-,20+,21+,23-/m0/s1. The largest absolute Gasteiger partial charge is 0.491 e. The highest BCUT2D eigenvalue weighted by molar-refractivity contribution is 5.76. The molecule has 0 radical (unpaired) electrons. The van der Waals surface area contributed by atoms with E-state index in [1.165, 1.54) is 6.92 Å². The first-order chi connectivity index (χ1) is 18.0. The SMILES string of the molecule is CN[C@@H]1[C@@H](O)[C@@H](O[C@H]2[C@H](NC(CO)CO)C[C@H](N)C([C@H]3OC(CN)=CC[C@H]3N=C(N)N)[C@@H]2O)OC[C@]1(C)O. The quantitative estimate of drug-likeness (QED) is 0.0901. The molecule has 3 rings (SSSR count). The van der Waals surface area contributed by atoms with Crippen molar-refractivity contribution in [3.63, 3.8) is 0 Å². The van der Waals surface area contributed by atoms with E-state index in [0.29, 0.717) is 12.2 Å². The molecule has 0 bridgehead atoms. The number of aliphatic hydroxyl groups excluding tert-OH is 4. The summed E-state index contributed by atoms with van der Waals surface area (Å²) in [5.41, 5.74) is 22.3. The first-order valence-corrected chi connectivity index (χ1v) is 12.9. The average Bonchev–Trinajstić information content (AvgIpc) is 2.86. The Kier molecular flexibility index (Phi) is 10.7. The lowest BCUT2D eigenvalue weighted by atomic mass is 9.72. The summed E-state index contributed by atoms with van der Waals surface area (Å²) in [6, 6.07) is -3.32. The first-order valence-electron chi connectivity index (χ1n) is 12.9. The van der Waals surface area contributed by atoms with E-state index in [4.69, 9.17) is 37.1 Å². The molecule has 0 aromatic carbocycles. The van der Waals surface area contributed by atoms with Crippen molar-refractivity contribution >= 4 is 5.96 Å². The van der Waals surface area contributed by atoms with E-state index in [-0.39, 0.29) is 38.7 Å². The zero-order chi connectivity index (χ0) is 28.2. The summed E-state index contributed by atoms with van der Waals surface area (Å²) in [4.78, 5) is 4.29. The van der Waals surface area contributed by atoms with E-state index >= 15 is 0 Å². The van der Waals surface area contributed by atoms with Gasteiger partial charge in [0.05, 0.1) is 50.6 Å². The van der Waals surface area contributed by atoms with Crippen molar-refractivity contribution in [2.45, 2.75) is 86.3 Å². The lowest BCUT2D eigenvalue weighted by Crippen LogP contribution is -2.69. The van der Waals surface area contributed by atoms with Gasteiger partial charge in [0.2, 0.25) is 0 Å². The van der Waals surface area contributed by atoms with Crippen LogP contribution in [0.1, 0.15) is 19.8 Å². The zero-order valence-electron chi connectivity index (χ0n) is 21.9. The van der Waals surface area contributed by atoms with Crippen LogP contribution in [0.15, 0.2) is 16.8 Å². The number of likely N-dealkylation sites (N-methyl/N-ethyl adjacent to an activating group) is 1. The molecule has 1 aliphatic carbocycles. The van der Waals surface area contributed by atoms with E-state index in [9.17, 15) is 25.5 Å². The Balaban J connectivity index is 1.93. The van der Waals surface area contributed by atoms with Gasteiger partial charge in [-0.25, -0.2) is 4.99 Å². The number of hydrogen-bond donors (Lipinski definition) is 11. The van der Waals surface area contributed by atoms with Crippen LogP contribution in [0.25, 0.3) is 0 Å². The number of aliphatic imine (C=N–C) groups is 1. The molecular formula is C23H45N7O8. The van der Waals surface area contributed by atoms with Crippen molar-refractivity contribution in [3.8, 4) is 0 Å². The summed E-state index contributed by atoms with van der Waals surface area (Å²) in [7, 11) is 1.60. The zero-order valence-corrected chi connectivity index (χ0v) is 21.9. The van der Waals surface area contributed by atoms with E-state index in [1.807, 2.05) is 0 Å². The Bertz CT molecular complexity index is 826. The Hall–Kier alpha value is -1.63. The third-order valence-corrected chi connectivity index (χ3v) is 7.62. The van der Waals surface area contributed by atoms with Crippen LogP contribution in [0.4, 0.5) is 0 Å². The fourth-order valence-corrected chi connectivity index (χ4v) is 5.73. The number of nitrogens with one attached hydrogen (secondary N) is 2. The number of guanidine groups is 1. The molecule has 1 saturated carbocycles. The molecule has 2 fully saturated rings. The summed E-state index contributed by atoms with van der Waals surface area (Å²) in [6.07, 6.45) is -3.11. The lowest BCUT2D eigenvalue weighted by Gasteiger charge is -2.51. The van der Waals surface area contributed by atoms with Crippen molar-refractivity contribution in [2.24, 2.45) is 33.8 Å². The molecular weight excluding hydrogens is 502 g/mol. The predicted molar refractivity (Wildman–Crippen MR) is 137 cm³/mol. The fraction of sp³-hybridized carbons (Fsp3) is 0.870. The second-order valence-electron chi connectivity index (χ2n) is 10.5. The molecule has 2 aliphatic heterocycles. The summed E-state index contributed by atoms with van der Waals surface area (Å²) in [5, 5.41) is 58.6. The maximum atomic E-state index is 11.7. The topological polar surface area (TPSA) is 269 Å². The van der Waals surface area contributed by atoms with Crippen LogP contribution in [-0.2, 0) is 14.2 Å². The third kappa shape index (κ3) is 6.74. The number of ether oxygens (including phenoxy) is 3. The lowest BCUT2D eigenvalue weighted by molar-refractivity contribution is -0.298. The van der Waals surface area contributed by atoms with Gasteiger partial charge in [-0.05, 0) is 32.9 Å². The van der Waals surface area contributed by atoms with Crippen molar-refractivity contribution in [2.75, 3.05) is 33.4 Å². The number of rotatable bonds is 10. The molecule has 38 heavy (non-hydrogen) atoms. The maximum Gasteiger partial charge on any atom is 0.186 e. The highest BCUT2D eigenvalue weighted by Crippen LogP contribution is 2.37. The van der Waals surface area contributed by atoms with Crippen LogP contribution < -0.4 is 33.6 Å². The van der Waals surface area contributed by atoms with Crippen LogP contribution in [-0.4, -0.2) is 131 Å². The molecule has 1 unspecified atom stereocenters. The monoisotopic (exact) mass is 547 g/mol. The molecule has 11 atom stereocenters. The van der Waals surface area contributed by atoms with Gasteiger partial charge >= 0.3 is 0 Å². The number of nitrogens with zero attached hydrogens (tertiary/aromatic N) is 1. The first kappa shape index (κ1) is 30.9. The molecule has 15 nitrogen and oxygen atoms in total. The molecule has 0 aromatic rings. The normalized spacial score (nSPS) is 41.9. The molecule has 0 spiro atoms. The third-order valence-electron chi connectivity index (χ3n) is 7.62. The van der Waals surface area contributed by atoms with E-state index in [2.05, 4.69) is 15.6 Å². The smallest absolute Gasteiger partial charge is 0.186 e. The van der Waals surface area contributed by atoms with Crippen molar-refractivity contribution < 1.29 is 39.7 Å². The van der Waals surface area contributed by atoms with Gasteiger partial charge in [0.15, 0.2) is 12.2 Å². The van der Waals surface area contributed by atoms with Gasteiger partial charge in [0, 0.05) is 18.0 Å². The van der Waals surface area contributed by atoms with Gasteiger partial charge in [-0.15, -0.1) is 0 Å². The Morgan fingerprint density at radius 1 is 1.26 bits per heavy atom. The van der Waals surface area contributed by atoms with Gasteiger partial charge in [-0.3, -0.25) is 0 Å². The summed E-state index contributed by atoms with van der Waals surface area (Å²) < 4.78 is 18.0. The molecule has 15 heteroatoms. The summed E-state index contributed by atoms with van der Waals surface area (Å²) >= 11 is 0. The van der Waals surface area contributed by atoms with Crippen LogP contribution in [0.5, 0.6) is 0 Å². The van der Waals surface area contributed by atoms with Crippen molar-refractivity contribution in [3.05, 3.63) is 11.8 Å². The van der Waals surface area contributed by atoms with Crippen LogP contribution in [0.3, 0.4) is 0 Å². The van der Waals surface area contributed by atoms with Crippen molar-refractivity contribution in [1.29, 1.82) is 0 Å². The molecule has 3 aliphatic rings. The Morgan fingerprint density at radius 2 is 1.95 bits per heavy atom. The van der Waals surface area contributed by atoms with E-state index < -0.39 is 72.4 Å². The predicted octanol–water partition coefficient (Wildman–Crippen LogP) is -5.28. The summed E-state index contributed by atoms with van der Waals surface area (Å²) in [5.74, 6) is -0.357. The molecule has 2 heterocycles. The van der Waals surface area contributed by atoms with Crippen LogP contribution in [0, 0.1) is 5.92 Å². The highest BCUT2D eigenvalue weighted by atomic mass is 16.7. The van der Waals surface area contributed by atoms with Gasteiger partial charge < -0.3 is 73.3 Å².